The van der Waals surface area contributed by atoms with Crippen molar-refractivity contribution in [2.24, 2.45) is 0 Å². The second-order valence-electron chi connectivity index (χ2n) is 3.69. The van der Waals surface area contributed by atoms with Crippen LogP contribution in [0.3, 0.4) is 0 Å². The van der Waals surface area contributed by atoms with Crippen LogP contribution in [-0.2, 0) is 11.3 Å². The van der Waals surface area contributed by atoms with Gasteiger partial charge in [0.15, 0.2) is 0 Å². The van der Waals surface area contributed by atoms with Crippen molar-refractivity contribution in [2.45, 2.75) is 39.7 Å². The van der Waals surface area contributed by atoms with E-state index in [0.29, 0.717) is 5.92 Å². The monoisotopic (exact) mass is 192 g/mol. The number of ether oxygens (including phenoxy) is 1. The molecule has 0 saturated carbocycles. The lowest BCUT2D eigenvalue weighted by Crippen LogP contribution is -1.94. The third kappa shape index (κ3) is 3.15. The molecule has 1 aromatic carbocycles. The molecule has 78 valence electrons. The van der Waals surface area contributed by atoms with Gasteiger partial charge in [-0.05, 0) is 30.4 Å². The van der Waals surface area contributed by atoms with E-state index in [0.717, 1.165) is 13.2 Å². The fourth-order valence-electron chi connectivity index (χ4n) is 1.40. The first-order chi connectivity index (χ1) is 6.77. The van der Waals surface area contributed by atoms with Crippen LogP contribution in [0, 0.1) is 0 Å². The molecule has 0 fully saturated rings. The van der Waals surface area contributed by atoms with Gasteiger partial charge in [-0.1, -0.05) is 38.1 Å². The molecule has 0 amide bonds. The quantitative estimate of drug-likeness (QED) is 0.690. The van der Waals surface area contributed by atoms with Crippen LogP contribution in [-0.4, -0.2) is 6.61 Å². The Kier molecular flexibility index (Phi) is 4.68. The highest BCUT2D eigenvalue weighted by Gasteiger charge is 2.01. The molecule has 1 atom stereocenters. The summed E-state index contributed by atoms with van der Waals surface area (Å²) in [4.78, 5) is 0. The molecular formula is C13H20O. The Bertz CT molecular complexity index is 250. The molecular weight excluding hydrogens is 172 g/mol. The second kappa shape index (κ2) is 5.82. The van der Waals surface area contributed by atoms with Crippen molar-refractivity contribution in [3.63, 3.8) is 0 Å². The summed E-state index contributed by atoms with van der Waals surface area (Å²) in [5, 5.41) is 0. The molecule has 1 nitrogen and oxygen atoms in total. The Morgan fingerprint density at radius 1 is 1.14 bits per heavy atom. The molecule has 0 aliphatic rings. The van der Waals surface area contributed by atoms with Gasteiger partial charge in [0.1, 0.15) is 0 Å². The average molecular weight is 192 g/mol. The average Bonchev–Trinajstić information content (AvgIpc) is 2.26. The summed E-state index contributed by atoms with van der Waals surface area (Å²) in [6, 6.07) is 8.75. The van der Waals surface area contributed by atoms with Crippen LogP contribution in [0.1, 0.15) is 44.2 Å². The highest BCUT2D eigenvalue weighted by atomic mass is 16.5. The van der Waals surface area contributed by atoms with Gasteiger partial charge in [0.2, 0.25) is 0 Å². The molecule has 1 unspecified atom stereocenters. The molecule has 1 heteroatoms. The molecule has 0 aromatic heterocycles. The van der Waals surface area contributed by atoms with Crippen LogP contribution in [0.5, 0.6) is 0 Å². The largest absolute Gasteiger partial charge is 0.377 e. The molecule has 1 aromatic rings. The van der Waals surface area contributed by atoms with Gasteiger partial charge in [0.25, 0.3) is 0 Å². The Morgan fingerprint density at radius 2 is 1.79 bits per heavy atom. The first kappa shape index (κ1) is 11.3. The van der Waals surface area contributed by atoms with Crippen molar-refractivity contribution in [2.75, 3.05) is 6.61 Å². The van der Waals surface area contributed by atoms with Crippen LogP contribution in [0.25, 0.3) is 0 Å². The zero-order chi connectivity index (χ0) is 10.4. The first-order valence-electron chi connectivity index (χ1n) is 5.44. The topological polar surface area (TPSA) is 9.23 Å². The van der Waals surface area contributed by atoms with Gasteiger partial charge in [0, 0.05) is 6.61 Å². The van der Waals surface area contributed by atoms with Gasteiger partial charge in [-0.25, -0.2) is 0 Å². The van der Waals surface area contributed by atoms with Crippen LogP contribution < -0.4 is 0 Å². The summed E-state index contributed by atoms with van der Waals surface area (Å²) in [6.45, 7) is 8.02. The predicted octanol–water partition coefficient (Wildman–Crippen LogP) is 3.74. The van der Waals surface area contributed by atoms with Gasteiger partial charge >= 0.3 is 0 Å². The van der Waals surface area contributed by atoms with Crippen LogP contribution in [0.15, 0.2) is 24.3 Å². The van der Waals surface area contributed by atoms with Crippen molar-refractivity contribution < 1.29 is 4.74 Å². The van der Waals surface area contributed by atoms with Crippen molar-refractivity contribution in [1.82, 2.24) is 0 Å². The SMILES string of the molecule is CCOCc1ccc(C(C)CC)cc1. The van der Waals surface area contributed by atoms with E-state index in [1.165, 1.54) is 17.5 Å². The summed E-state index contributed by atoms with van der Waals surface area (Å²) in [7, 11) is 0. The maximum absolute atomic E-state index is 5.35. The predicted molar refractivity (Wildman–Crippen MR) is 60.5 cm³/mol. The Labute approximate surface area is 87.1 Å². The van der Waals surface area contributed by atoms with E-state index in [-0.39, 0.29) is 0 Å². The highest BCUT2D eigenvalue weighted by molar-refractivity contribution is 5.24. The van der Waals surface area contributed by atoms with Gasteiger partial charge < -0.3 is 4.74 Å². The fourth-order valence-corrected chi connectivity index (χ4v) is 1.40. The summed E-state index contributed by atoms with van der Waals surface area (Å²) in [5.74, 6) is 0.663. The minimum Gasteiger partial charge on any atom is -0.377 e. The molecule has 0 heterocycles. The molecule has 0 aliphatic heterocycles. The lowest BCUT2D eigenvalue weighted by molar-refractivity contribution is 0.134. The third-order valence-corrected chi connectivity index (χ3v) is 2.63. The standard InChI is InChI=1S/C13H20O/c1-4-11(3)13-8-6-12(7-9-13)10-14-5-2/h6-9,11H,4-5,10H2,1-3H3. The molecule has 0 saturated heterocycles. The van der Waals surface area contributed by atoms with Crippen molar-refractivity contribution in [1.29, 1.82) is 0 Å². The molecule has 14 heavy (non-hydrogen) atoms. The van der Waals surface area contributed by atoms with Gasteiger partial charge in [-0.3, -0.25) is 0 Å². The normalized spacial score (nSPS) is 12.8. The molecule has 0 N–H and O–H groups in total. The van der Waals surface area contributed by atoms with E-state index in [4.69, 9.17) is 4.74 Å². The van der Waals surface area contributed by atoms with Crippen molar-refractivity contribution >= 4 is 0 Å². The molecule has 1 rings (SSSR count). The molecule has 0 radical (unpaired) electrons. The number of benzene rings is 1. The second-order valence-corrected chi connectivity index (χ2v) is 3.69. The maximum atomic E-state index is 5.35. The van der Waals surface area contributed by atoms with E-state index in [1.54, 1.807) is 0 Å². The number of hydrogen-bond acceptors (Lipinski definition) is 1. The van der Waals surface area contributed by atoms with Gasteiger partial charge in [-0.2, -0.15) is 0 Å². The zero-order valence-electron chi connectivity index (χ0n) is 9.42. The van der Waals surface area contributed by atoms with Gasteiger partial charge in [-0.15, -0.1) is 0 Å². The van der Waals surface area contributed by atoms with E-state index < -0.39 is 0 Å². The first-order valence-corrected chi connectivity index (χ1v) is 5.44. The lowest BCUT2D eigenvalue weighted by atomic mass is 9.98. The minimum atomic E-state index is 0.663. The van der Waals surface area contributed by atoms with E-state index >= 15 is 0 Å². The van der Waals surface area contributed by atoms with Crippen LogP contribution >= 0.6 is 0 Å². The Hall–Kier alpha value is -0.820. The minimum absolute atomic E-state index is 0.663. The Morgan fingerprint density at radius 3 is 2.29 bits per heavy atom. The molecule has 0 spiro atoms. The van der Waals surface area contributed by atoms with Crippen molar-refractivity contribution in [3.05, 3.63) is 35.4 Å². The molecule has 0 bridgehead atoms. The summed E-state index contributed by atoms with van der Waals surface area (Å²) < 4.78 is 5.35. The number of rotatable bonds is 5. The summed E-state index contributed by atoms with van der Waals surface area (Å²) >= 11 is 0. The third-order valence-electron chi connectivity index (χ3n) is 2.63. The zero-order valence-corrected chi connectivity index (χ0v) is 9.42. The fraction of sp³-hybridized carbons (Fsp3) is 0.538. The van der Waals surface area contributed by atoms with E-state index in [2.05, 4.69) is 38.1 Å². The Balaban J connectivity index is 2.59. The maximum Gasteiger partial charge on any atom is 0.0716 e. The van der Waals surface area contributed by atoms with Crippen LogP contribution in [0.2, 0.25) is 0 Å². The molecule has 0 aliphatic carbocycles. The van der Waals surface area contributed by atoms with E-state index in [1.807, 2.05) is 6.92 Å². The van der Waals surface area contributed by atoms with E-state index in [9.17, 15) is 0 Å². The summed E-state index contributed by atoms with van der Waals surface area (Å²) in [5.41, 5.74) is 2.69. The van der Waals surface area contributed by atoms with Crippen LogP contribution in [0.4, 0.5) is 0 Å². The highest BCUT2D eigenvalue weighted by Crippen LogP contribution is 2.18. The smallest absolute Gasteiger partial charge is 0.0716 e. The van der Waals surface area contributed by atoms with Crippen molar-refractivity contribution in [3.8, 4) is 0 Å². The lowest BCUT2D eigenvalue weighted by Gasteiger charge is -2.09. The summed E-state index contributed by atoms with van der Waals surface area (Å²) in [6.07, 6.45) is 1.20. The number of hydrogen-bond donors (Lipinski definition) is 0. The van der Waals surface area contributed by atoms with Gasteiger partial charge in [0.05, 0.1) is 6.61 Å².